The summed E-state index contributed by atoms with van der Waals surface area (Å²) in [5.41, 5.74) is 0.0461. The number of para-hydroxylation sites is 1. The number of hydrogen-bond acceptors (Lipinski definition) is 11. The molecule has 2 aromatic heterocycles. The highest BCUT2D eigenvalue weighted by atomic mass is 32.2. The van der Waals surface area contributed by atoms with E-state index < -0.39 is 27.7 Å². The second-order valence-corrected chi connectivity index (χ2v) is 17.8. The fourth-order valence-corrected chi connectivity index (χ4v) is 11.0. The Morgan fingerprint density at radius 1 is 0.981 bits per heavy atom. The van der Waals surface area contributed by atoms with Crippen molar-refractivity contribution in [3.63, 3.8) is 0 Å². The molecule has 4 aliphatic rings. The fraction of sp³-hybridized carbons (Fsp3) is 0.486. The van der Waals surface area contributed by atoms with Gasteiger partial charge in [-0.3, -0.25) is 9.69 Å². The molecule has 2 N–H and O–H groups in total. The van der Waals surface area contributed by atoms with Crippen molar-refractivity contribution in [3.8, 4) is 10.6 Å². The van der Waals surface area contributed by atoms with Crippen molar-refractivity contribution in [3.05, 3.63) is 71.0 Å². The van der Waals surface area contributed by atoms with Crippen LogP contribution in [0.1, 0.15) is 38.5 Å². The Kier molecular flexibility index (Phi) is 9.96. The molecular formula is C37H42F3N7O5S2. The predicted octanol–water partition coefficient (Wildman–Crippen LogP) is 4.56. The van der Waals surface area contributed by atoms with E-state index in [0.717, 1.165) is 50.0 Å². The summed E-state index contributed by atoms with van der Waals surface area (Å²) >= 11 is 1.24. The van der Waals surface area contributed by atoms with E-state index in [1.807, 2.05) is 23.1 Å². The molecule has 12 nitrogen and oxygen atoms in total. The number of pyridine rings is 1. The molecule has 4 aromatic rings. The highest BCUT2D eigenvalue weighted by Crippen LogP contribution is 2.43. The number of halogens is 3. The zero-order valence-corrected chi connectivity index (χ0v) is 31.2. The molecule has 1 unspecified atom stereocenters. The molecule has 2 atom stereocenters. The van der Waals surface area contributed by atoms with Crippen molar-refractivity contribution in [2.24, 2.45) is 5.41 Å². The maximum absolute atomic E-state index is 14.4. The number of fused-ring (bicyclic) bond motifs is 1. The summed E-state index contributed by atoms with van der Waals surface area (Å²) in [5, 5.41) is 7.13. The molecule has 4 aliphatic heterocycles. The number of piperidine rings is 2. The average molecular weight is 786 g/mol. The van der Waals surface area contributed by atoms with Gasteiger partial charge in [0.2, 0.25) is 10.0 Å². The Balaban J connectivity index is 1.05. The summed E-state index contributed by atoms with van der Waals surface area (Å²) in [6.07, 6.45) is -0.638. The summed E-state index contributed by atoms with van der Waals surface area (Å²) in [4.78, 5) is 40.8. The van der Waals surface area contributed by atoms with Crippen LogP contribution in [0.2, 0.25) is 0 Å². The number of nitrogens with one attached hydrogen (secondary N) is 2. The van der Waals surface area contributed by atoms with Crippen molar-refractivity contribution in [2.45, 2.75) is 61.7 Å². The lowest BCUT2D eigenvalue weighted by Crippen LogP contribution is -2.48. The van der Waals surface area contributed by atoms with Gasteiger partial charge in [-0.25, -0.2) is 18.2 Å². The largest absolute Gasteiger partial charge is 0.493 e. The minimum atomic E-state index is -5.33. The molecule has 288 valence electrons. The third-order valence-electron chi connectivity index (χ3n) is 11.3. The SMILES string of the molecule is O=C(On1c(N2CCC(N3CCC4(CCN(S(=O)(=O)c5ccccc5)C4)C3)CC2)cc(N[C@@H]2CCCNC2)c(-c2nc3ccccc3s2)c1=O)C(F)(F)F. The van der Waals surface area contributed by atoms with E-state index in [1.54, 1.807) is 46.8 Å². The molecule has 8 rings (SSSR count). The average Bonchev–Trinajstić information content (AvgIpc) is 3.92. The number of likely N-dealkylation sites (tertiary alicyclic amines) is 1. The van der Waals surface area contributed by atoms with Crippen molar-refractivity contribution in [2.75, 3.05) is 62.6 Å². The number of hydrogen-bond donors (Lipinski definition) is 2. The normalized spacial score (nSPS) is 23.4. The Hall–Kier alpha value is -4.03. The van der Waals surface area contributed by atoms with E-state index in [0.29, 0.717) is 71.4 Å². The Morgan fingerprint density at radius 2 is 1.72 bits per heavy atom. The highest BCUT2D eigenvalue weighted by Gasteiger charge is 2.48. The molecule has 54 heavy (non-hydrogen) atoms. The number of alkyl halides is 3. The zero-order valence-electron chi connectivity index (χ0n) is 29.6. The Labute approximate surface area is 314 Å². The first-order valence-electron chi connectivity index (χ1n) is 18.4. The molecule has 4 fully saturated rings. The van der Waals surface area contributed by atoms with Crippen LogP contribution < -0.4 is 25.9 Å². The summed E-state index contributed by atoms with van der Waals surface area (Å²) in [6, 6.07) is 17.5. The molecule has 0 saturated carbocycles. The number of thiazole rings is 1. The van der Waals surface area contributed by atoms with E-state index in [1.165, 1.54) is 11.3 Å². The number of rotatable bonds is 8. The van der Waals surface area contributed by atoms with Gasteiger partial charge in [0.15, 0.2) is 5.82 Å². The van der Waals surface area contributed by atoms with Crippen LogP contribution in [-0.2, 0) is 14.8 Å². The summed E-state index contributed by atoms with van der Waals surface area (Å²) in [5.74, 6) is -2.43. The summed E-state index contributed by atoms with van der Waals surface area (Å²) in [6.45, 7) is 4.81. The molecule has 17 heteroatoms. The van der Waals surface area contributed by atoms with Crippen molar-refractivity contribution < 1.29 is 31.2 Å². The highest BCUT2D eigenvalue weighted by molar-refractivity contribution is 7.89. The van der Waals surface area contributed by atoms with Gasteiger partial charge in [0, 0.05) is 57.4 Å². The van der Waals surface area contributed by atoms with E-state index in [9.17, 15) is 31.2 Å². The molecule has 4 saturated heterocycles. The molecule has 0 bridgehead atoms. The van der Waals surface area contributed by atoms with Crippen LogP contribution in [-0.4, -0.2) is 104 Å². The van der Waals surface area contributed by atoms with E-state index in [-0.39, 0.29) is 28.9 Å². The van der Waals surface area contributed by atoms with Gasteiger partial charge in [-0.2, -0.15) is 17.5 Å². The minimum Gasteiger partial charge on any atom is -0.380 e. The summed E-state index contributed by atoms with van der Waals surface area (Å²) < 4.78 is 70.5. The van der Waals surface area contributed by atoms with Crippen LogP contribution in [0.5, 0.6) is 0 Å². The number of anilines is 2. The molecule has 1 spiro atoms. The Bertz CT molecular complexity index is 2150. The van der Waals surface area contributed by atoms with Crippen LogP contribution in [0, 0.1) is 5.41 Å². The number of sulfonamides is 1. The number of benzene rings is 2. The van der Waals surface area contributed by atoms with Crippen molar-refractivity contribution >= 4 is 49.1 Å². The van der Waals surface area contributed by atoms with E-state index >= 15 is 0 Å². The first-order chi connectivity index (χ1) is 25.9. The first-order valence-corrected chi connectivity index (χ1v) is 20.6. The van der Waals surface area contributed by atoms with Crippen LogP contribution in [0.15, 0.2) is 70.4 Å². The van der Waals surface area contributed by atoms with Crippen LogP contribution in [0.4, 0.5) is 24.7 Å². The van der Waals surface area contributed by atoms with Gasteiger partial charge >= 0.3 is 12.1 Å². The molecule has 0 radical (unpaired) electrons. The van der Waals surface area contributed by atoms with Gasteiger partial charge in [-0.1, -0.05) is 30.3 Å². The molecule has 0 amide bonds. The van der Waals surface area contributed by atoms with E-state index in [2.05, 4.69) is 20.5 Å². The lowest BCUT2D eigenvalue weighted by atomic mass is 9.86. The topological polar surface area (TPSA) is 129 Å². The molecule has 2 aromatic carbocycles. The van der Waals surface area contributed by atoms with Gasteiger partial charge in [0.05, 0.1) is 20.8 Å². The number of carbonyl (C=O) groups is 1. The minimum absolute atomic E-state index is 0.0395. The maximum atomic E-state index is 14.4. The summed E-state index contributed by atoms with van der Waals surface area (Å²) in [7, 11) is -3.59. The maximum Gasteiger partial charge on any atom is 0.493 e. The number of nitrogens with zero attached hydrogens (tertiary/aromatic N) is 5. The van der Waals surface area contributed by atoms with Crippen LogP contribution >= 0.6 is 11.3 Å². The van der Waals surface area contributed by atoms with Gasteiger partial charge in [0.25, 0.3) is 5.56 Å². The first kappa shape index (κ1) is 36.9. The second-order valence-electron chi connectivity index (χ2n) is 14.8. The van der Waals surface area contributed by atoms with Crippen LogP contribution in [0.25, 0.3) is 20.8 Å². The third kappa shape index (κ3) is 7.23. The van der Waals surface area contributed by atoms with Gasteiger partial charge < -0.3 is 20.4 Å². The number of aromatic nitrogens is 2. The Morgan fingerprint density at radius 3 is 2.44 bits per heavy atom. The predicted molar refractivity (Wildman–Crippen MR) is 200 cm³/mol. The van der Waals surface area contributed by atoms with Gasteiger partial charge in [0.1, 0.15) is 10.6 Å². The van der Waals surface area contributed by atoms with Crippen molar-refractivity contribution in [1.82, 2.24) is 24.2 Å². The van der Waals surface area contributed by atoms with E-state index in [4.69, 9.17) is 4.84 Å². The number of carbonyl (C=O) groups excluding carboxylic acids is 1. The quantitative estimate of drug-likeness (QED) is 0.263. The van der Waals surface area contributed by atoms with Crippen molar-refractivity contribution in [1.29, 1.82) is 0 Å². The second kappa shape index (κ2) is 14.6. The third-order valence-corrected chi connectivity index (χ3v) is 14.2. The molecular weight excluding hydrogens is 744 g/mol. The lowest BCUT2D eigenvalue weighted by molar-refractivity contribution is -0.200. The zero-order chi connectivity index (χ0) is 37.7. The smallest absolute Gasteiger partial charge is 0.380 e. The van der Waals surface area contributed by atoms with Gasteiger partial charge in [-0.15, -0.1) is 16.1 Å². The molecule has 0 aliphatic carbocycles. The fourth-order valence-electron chi connectivity index (χ4n) is 8.43. The van der Waals surface area contributed by atoms with Crippen LogP contribution in [0.3, 0.4) is 0 Å². The lowest BCUT2D eigenvalue weighted by Gasteiger charge is -2.39. The van der Waals surface area contributed by atoms with Gasteiger partial charge in [-0.05, 0) is 81.3 Å². The monoisotopic (exact) mass is 785 g/mol. The molecule has 6 heterocycles. The standard InChI is InChI=1S/C37H42F3N7O5S2/c38-37(39,40)35(49)52-47-31(21-29(42-25-7-6-16-41-22-25)32(34(47)48)33-43-28-10-4-5-11-30(28)53-33)44-17-12-26(13-18-44)45-19-14-36(23-45)15-20-46(24-36)54(50,51)27-8-2-1-3-9-27/h1-5,8-11,21,25-26,41-42H,6-7,12-20,22-24H2/t25-,36?/m1/s1.